The lowest BCUT2D eigenvalue weighted by Crippen LogP contribution is -2.15. The summed E-state index contributed by atoms with van der Waals surface area (Å²) in [5, 5.41) is 0.749. The molecule has 3 nitrogen and oxygen atoms in total. The van der Waals surface area contributed by atoms with Crippen molar-refractivity contribution < 1.29 is 0 Å². The van der Waals surface area contributed by atoms with Gasteiger partial charge in [-0.15, -0.1) is 0 Å². The lowest BCUT2D eigenvalue weighted by atomic mass is 10.1. The minimum atomic E-state index is 0.749. The summed E-state index contributed by atoms with van der Waals surface area (Å²) in [7, 11) is 2.07. The average molecular weight is 247 g/mol. The largest absolute Gasteiger partial charge is 0.316 e. The van der Waals surface area contributed by atoms with E-state index in [0.717, 1.165) is 22.8 Å². The standard InChI is InChI=1S/C13H17N3S/c1-16-12(9-10-5-2-3-8-17-10)15-11-6-4-7-14-13(11)16/h4,6-7,10H,2-3,5,8-9H2,1H3. The van der Waals surface area contributed by atoms with Gasteiger partial charge in [0.25, 0.3) is 0 Å². The highest BCUT2D eigenvalue weighted by molar-refractivity contribution is 7.99. The van der Waals surface area contributed by atoms with E-state index in [2.05, 4.69) is 28.4 Å². The second-order valence-electron chi connectivity index (χ2n) is 4.63. The molecule has 4 heteroatoms. The molecular weight excluding hydrogens is 230 g/mol. The Labute approximate surface area is 106 Å². The van der Waals surface area contributed by atoms with Crippen molar-refractivity contribution in [2.24, 2.45) is 7.05 Å². The molecule has 2 aromatic rings. The van der Waals surface area contributed by atoms with E-state index in [1.54, 1.807) is 0 Å². The molecule has 1 saturated heterocycles. The van der Waals surface area contributed by atoms with Crippen LogP contribution in [0, 0.1) is 0 Å². The van der Waals surface area contributed by atoms with Gasteiger partial charge < -0.3 is 4.57 Å². The zero-order chi connectivity index (χ0) is 11.7. The Morgan fingerprint density at radius 2 is 2.41 bits per heavy atom. The maximum absolute atomic E-state index is 4.69. The maximum Gasteiger partial charge on any atom is 0.159 e. The second kappa shape index (κ2) is 4.69. The molecule has 0 aromatic carbocycles. The van der Waals surface area contributed by atoms with Gasteiger partial charge in [0, 0.05) is 24.9 Å². The predicted octanol–water partition coefficient (Wildman–Crippen LogP) is 2.80. The first-order chi connectivity index (χ1) is 8.34. The van der Waals surface area contributed by atoms with Crippen LogP contribution in [0.4, 0.5) is 0 Å². The zero-order valence-electron chi connectivity index (χ0n) is 10.1. The Kier molecular flexibility index (Phi) is 3.05. The lowest BCUT2D eigenvalue weighted by molar-refractivity contribution is 0.637. The van der Waals surface area contributed by atoms with Crippen LogP contribution in [0.2, 0.25) is 0 Å². The highest BCUT2D eigenvalue weighted by atomic mass is 32.2. The highest BCUT2D eigenvalue weighted by Crippen LogP contribution is 2.28. The van der Waals surface area contributed by atoms with Crippen LogP contribution < -0.4 is 0 Å². The SMILES string of the molecule is Cn1c(CC2CCCCS2)nc2cccnc21. The van der Waals surface area contributed by atoms with Crippen molar-refractivity contribution in [3.8, 4) is 0 Å². The summed E-state index contributed by atoms with van der Waals surface area (Å²) in [4.78, 5) is 9.08. The van der Waals surface area contributed by atoms with Crippen LogP contribution in [-0.4, -0.2) is 25.5 Å². The van der Waals surface area contributed by atoms with Crippen molar-refractivity contribution in [2.45, 2.75) is 30.9 Å². The van der Waals surface area contributed by atoms with Gasteiger partial charge in [-0.05, 0) is 30.7 Å². The molecule has 0 radical (unpaired) electrons. The molecule has 0 amide bonds. The Morgan fingerprint density at radius 3 is 3.18 bits per heavy atom. The molecule has 90 valence electrons. The fraction of sp³-hybridized carbons (Fsp3) is 0.538. The number of fused-ring (bicyclic) bond motifs is 1. The van der Waals surface area contributed by atoms with E-state index in [4.69, 9.17) is 4.98 Å². The van der Waals surface area contributed by atoms with Crippen molar-refractivity contribution in [2.75, 3.05) is 5.75 Å². The fourth-order valence-electron chi connectivity index (χ4n) is 2.43. The molecule has 0 saturated carbocycles. The number of aryl methyl sites for hydroxylation is 1. The third-order valence-electron chi connectivity index (χ3n) is 3.40. The number of aromatic nitrogens is 3. The van der Waals surface area contributed by atoms with Gasteiger partial charge in [-0.3, -0.25) is 0 Å². The summed E-state index contributed by atoms with van der Waals surface area (Å²) in [5.74, 6) is 2.49. The summed E-state index contributed by atoms with van der Waals surface area (Å²) in [5.41, 5.74) is 2.02. The summed E-state index contributed by atoms with van der Waals surface area (Å²) < 4.78 is 2.14. The van der Waals surface area contributed by atoms with Crippen LogP contribution in [0.1, 0.15) is 25.1 Å². The van der Waals surface area contributed by atoms with Crippen molar-refractivity contribution in [3.05, 3.63) is 24.2 Å². The second-order valence-corrected chi connectivity index (χ2v) is 6.03. The van der Waals surface area contributed by atoms with E-state index in [9.17, 15) is 0 Å². The number of hydrogen-bond acceptors (Lipinski definition) is 3. The Hall–Kier alpha value is -1.03. The summed E-state index contributed by atoms with van der Waals surface area (Å²) in [6.07, 6.45) is 7.01. The number of nitrogens with zero attached hydrogens (tertiary/aromatic N) is 3. The van der Waals surface area contributed by atoms with E-state index in [1.165, 1.54) is 30.8 Å². The highest BCUT2D eigenvalue weighted by Gasteiger charge is 2.17. The van der Waals surface area contributed by atoms with Crippen molar-refractivity contribution in [1.82, 2.24) is 14.5 Å². The Bertz CT molecular complexity index is 514. The molecule has 2 aromatic heterocycles. The normalized spacial score (nSPS) is 20.9. The quantitative estimate of drug-likeness (QED) is 0.817. The van der Waals surface area contributed by atoms with Crippen LogP contribution in [0.25, 0.3) is 11.2 Å². The first kappa shape index (κ1) is 11.1. The van der Waals surface area contributed by atoms with Crippen LogP contribution in [-0.2, 0) is 13.5 Å². The number of rotatable bonds is 2. The Morgan fingerprint density at radius 1 is 1.47 bits per heavy atom. The predicted molar refractivity (Wildman–Crippen MR) is 72.3 cm³/mol. The third-order valence-corrected chi connectivity index (χ3v) is 4.80. The van der Waals surface area contributed by atoms with E-state index in [1.807, 2.05) is 18.3 Å². The monoisotopic (exact) mass is 247 g/mol. The molecule has 1 atom stereocenters. The Balaban J connectivity index is 1.87. The molecule has 1 aliphatic heterocycles. The minimum absolute atomic E-state index is 0.749. The molecule has 0 aliphatic carbocycles. The number of thioether (sulfide) groups is 1. The lowest BCUT2D eigenvalue weighted by Gasteiger charge is -2.20. The van der Waals surface area contributed by atoms with Gasteiger partial charge in [-0.1, -0.05) is 6.42 Å². The van der Waals surface area contributed by atoms with Gasteiger partial charge in [0.2, 0.25) is 0 Å². The van der Waals surface area contributed by atoms with Gasteiger partial charge in [0.05, 0.1) is 0 Å². The zero-order valence-corrected chi connectivity index (χ0v) is 10.9. The van der Waals surface area contributed by atoms with Gasteiger partial charge in [-0.2, -0.15) is 11.8 Å². The number of pyridine rings is 1. The van der Waals surface area contributed by atoms with Crippen LogP contribution in [0.3, 0.4) is 0 Å². The van der Waals surface area contributed by atoms with Crippen molar-refractivity contribution in [3.63, 3.8) is 0 Å². The average Bonchev–Trinajstić information content (AvgIpc) is 2.68. The summed E-state index contributed by atoms with van der Waals surface area (Å²) in [6.45, 7) is 0. The van der Waals surface area contributed by atoms with Gasteiger partial charge in [0.1, 0.15) is 11.3 Å². The van der Waals surface area contributed by atoms with Crippen LogP contribution in [0.5, 0.6) is 0 Å². The number of hydrogen-bond donors (Lipinski definition) is 0. The number of imidazole rings is 1. The van der Waals surface area contributed by atoms with Crippen molar-refractivity contribution >= 4 is 22.9 Å². The molecule has 3 rings (SSSR count). The van der Waals surface area contributed by atoms with Crippen molar-refractivity contribution in [1.29, 1.82) is 0 Å². The first-order valence-electron chi connectivity index (χ1n) is 6.22. The van der Waals surface area contributed by atoms with E-state index < -0.39 is 0 Å². The molecule has 17 heavy (non-hydrogen) atoms. The third kappa shape index (κ3) is 2.18. The minimum Gasteiger partial charge on any atom is -0.316 e. The molecule has 0 bridgehead atoms. The molecular formula is C13H17N3S. The van der Waals surface area contributed by atoms with E-state index >= 15 is 0 Å². The van der Waals surface area contributed by atoms with Gasteiger partial charge in [0.15, 0.2) is 5.65 Å². The summed E-state index contributed by atoms with van der Waals surface area (Å²) in [6, 6.07) is 3.99. The smallest absolute Gasteiger partial charge is 0.159 e. The van der Waals surface area contributed by atoms with Crippen LogP contribution >= 0.6 is 11.8 Å². The summed E-state index contributed by atoms with van der Waals surface area (Å²) >= 11 is 2.10. The molecule has 1 aliphatic rings. The van der Waals surface area contributed by atoms with Crippen LogP contribution in [0.15, 0.2) is 18.3 Å². The molecule has 1 unspecified atom stereocenters. The molecule has 3 heterocycles. The molecule has 1 fully saturated rings. The maximum atomic E-state index is 4.69. The fourth-order valence-corrected chi connectivity index (χ4v) is 3.73. The molecule has 0 spiro atoms. The van der Waals surface area contributed by atoms with Gasteiger partial charge >= 0.3 is 0 Å². The van der Waals surface area contributed by atoms with E-state index in [0.29, 0.717) is 0 Å². The molecule has 0 N–H and O–H groups in total. The van der Waals surface area contributed by atoms with Gasteiger partial charge in [-0.25, -0.2) is 9.97 Å². The topological polar surface area (TPSA) is 30.7 Å². The first-order valence-corrected chi connectivity index (χ1v) is 7.27. The van der Waals surface area contributed by atoms with E-state index in [-0.39, 0.29) is 0 Å².